The second kappa shape index (κ2) is 5.44. The van der Waals surface area contributed by atoms with E-state index in [0.717, 1.165) is 34.9 Å². The number of carbonyl (C=O) groups excluding carboxylic acids is 1. The molecule has 0 aliphatic heterocycles. The SMILES string of the molecule is Cc1ccc(C(c2ccc(C)o2)c2ccccc2C=O)o1. The first-order valence-electron chi connectivity index (χ1n) is 6.86. The molecule has 0 bridgehead atoms. The summed E-state index contributed by atoms with van der Waals surface area (Å²) < 4.78 is 11.6. The molecule has 3 aromatic rings. The molecular weight excluding hydrogens is 264 g/mol. The van der Waals surface area contributed by atoms with Gasteiger partial charge in [0.1, 0.15) is 35.2 Å². The molecule has 21 heavy (non-hydrogen) atoms. The summed E-state index contributed by atoms with van der Waals surface area (Å²) in [7, 11) is 0. The Labute approximate surface area is 123 Å². The Kier molecular flexibility index (Phi) is 3.48. The minimum atomic E-state index is -0.214. The van der Waals surface area contributed by atoms with E-state index < -0.39 is 0 Å². The molecule has 0 aliphatic carbocycles. The minimum absolute atomic E-state index is 0.214. The van der Waals surface area contributed by atoms with E-state index in [9.17, 15) is 4.79 Å². The van der Waals surface area contributed by atoms with Crippen molar-refractivity contribution in [3.8, 4) is 0 Å². The van der Waals surface area contributed by atoms with Crippen molar-refractivity contribution < 1.29 is 13.6 Å². The first kappa shape index (κ1) is 13.4. The van der Waals surface area contributed by atoms with Gasteiger partial charge in [0.25, 0.3) is 0 Å². The molecule has 0 aliphatic rings. The average Bonchev–Trinajstić information content (AvgIpc) is 3.09. The van der Waals surface area contributed by atoms with Gasteiger partial charge in [-0.2, -0.15) is 0 Å². The van der Waals surface area contributed by atoms with E-state index in [1.807, 2.05) is 56.3 Å². The van der Waals surface area contributed by atoms with E-state index in [1.54, 1.807) is 6.07 Å². The molecule has 0 saturated carbocycles. The number of hydrogen-bond acceptors (Lipinski definition) is 3. The Morgan fingerprint density at radius 1 is 0.857 bits per heavy atom. The third kappa shape index (κ3) is 2.55. The molecule has 3 heteroatoms. The number of hydrogen-bond donors (Lipinski definition) is 0. The van der Waals surface area contributed by atoms with Gasteiger partial charge in [-0.25, -0.2) is 0 Å². The van der Waals surface area contributed by atoms with Crippen LogP contribution >= 0.6 is 0 Å². The summed E-state index contributed by atoms with van der Waals surface area (Å²) in [6.07, 6.45) is 0.869. The van der Waals surface area contributed by atoms with Gasteiger partial charge in [-0.1, -0.05) is 24.3 Å². The monoisotopic (exact) mass is 280 g/mol. The van der Waals surface area contributed by atoms with Crippen LogP contribution in [0.2, 0.25) is 0 Å². The van der Waals surface area contributed by atoms with Crippen molar-refractivity contribution in [1.29, 1.82) is 0 Å². The Morgan fingerprint density at radius 3 is 1.90 bits per heavy atom. The van der Waals surface area contributed by atoms with Crippen LogP contribution in [0.15, 0.2) is 57.4 Å². The molecule has 0 atom stereocenters. The molecule has 0 spiro atoms. The van der Waals surface area contributed by atoms with Gasteiger partial charge in [-0.05, 0) is 43.7 Å². The van der Waals surface area contributed by atoms with Crippen molar-refractivity contribution in [1.82, 2.24) is 0 Å². The number of furan rings is 2. The first-order valence-corrected chi connectivity index (χ1v) is 6.86. The molecule has 0 N–H and O–H groups in total. The predicted octanol–water partition coefficient (Wildman–Crippen LogP) is 4.48. The van der Waals surface area contributed by atoms with E-state index in [1.165, 1.54) is 0 Å². The average molecular weight is 280 g/mol. The summed E-state index contributed by atoms with van der Waals surface area (Å²) >= 11 is 0. The van der Waals surface area contributed by atoms with Crippen molar-refractivity contribution >= 4 is 6.29 Å². The second-order valence-corrected chi connectivity index (χ2v) is 5.08. The van der Waals surface area contributed by atoms with Crippen LogP contribution in [-0.4, -0.2) is 6.29 Å². The lowest BCUT2D eigenvalue weighted by molar-refractivity contribution is 0.112. The van der Waals surface area contributed by atoms with Gasteiger partial charge < -0.3 is 8.83 Å². The smallest absolute Gasteiger partial charge is 0.150 e. The number of aryl methyl sites for hydroxylation is 2. The first-order chi connectivity index (χ1) is 10.2. The second-order valence-electron chi connectivity index (χ2n) is 5.08. The largest absolute Gasteiger partial charge is 0.465 e. The van der Waals surface area contributed by atoms with Gasteiger partial charge in [-0.15, -0.1) is 0 Å². The normalized spacial score (nSPS) is 11.0. The van der Waals surface area contributed by atoms with Crippen LogP contribution in [-0.2, 0) is 0 Å². The molecule has 0 unspecified atom stereocenters. The van der Waals surface area contributed by atoms with Gasteiger partial charge in [0.05, 0.1) is 0 Å². The van der Waals surface area contributed by atoms with Gasteiger partial charge in [0, 0.05) is 5.56 Å². The molecular formula is C18H16O3. The van der Waals surface area contributed by atoms with Crippen molar-refractivity contribution in [3.63, 3.8) is 0 Å². The zero-order valence-electron chi connectivity index (χ0n) is 12.0. The molecule has 2 aromatic heterocycles. The van der Waals surface area contributed by atoms with Crippen molar-refractivity contribution in [2.75, 3.05) is 0 Å². The molecule has 2 heterocycles. The summed E-state index contributed by atoms with van der Waals surface area (Å²) in [6, 6.07) is 15.2. The van der Waals surface area contributed by atoms with Gasteiger partial charge in [-0.3, -0.25) is 4.79 Å². The summed E-state index contributed by atoms with van der Waals surface area (Å²) in [4.78, 5) is 11.3. The zero-order chi connectivity index (χ0) is 14.8. The summed E-state index contributed by atoms with van der Waals surface area (Å²) in [5.41, 5.74) is 1.53. The fourth-order valence-corrected chi connectivity index (χ4v) is 2.54. The number of aldehydes is 1. The Balaban J connectivity index is 2.18. The van der Waals surface area contributed by atoms with Crippen molar-refractivity contribution in [3.05, 3.63) is 82.7 Å². The third-order valence-electron chi connectivity index (χ3n) is 3.53. The maximum absolute atomic E-state index is 11.3. The molecule has 0 fully saturated rings. The summed E-state index contributed by atoms with van der Waals surface area (Å²) in [6.45, 7) is 3.80. The molecule has 1 aromatic carbocycles. The summed E-state index contributed by atoms with van der Waals surface area (Å²) in [5, 5.41) is 0. The standard InChI is InChI=1S/C18H16O3/c1-12-7-9-16(20-12)18(17-10-8-13(2)21-17)15-6-4-3-5-14(15)11-19/h3-11,18H,1-2H3. The highest BCUT2D eigenvalue weighted by Crippen LogP contribution is 2.35. The Morgan fingerprint density at radius 2 is 1.43 bits per heavy atom. The van der Waals surface area contributed by atoms with Crippen LogP contribution in [0.5, 0.6) is 0 Å². The highest BCUT2D eigenvalue weighted by atomic mass is 16.4. The maximum Gasteiger partial charge on any atom is 0.150 e. The fourth-order valence-electron chi connectivity index (χ4n) is 2.54. The lowest BCUT2D eigenvalue weighted by Crippen LogP contribution is -2.04. The van der Waals surface area contributed by atoms with Gasteiger partial charge >= 0.3 is 0 Å². The number of benzene rings is 1. The highest BCUT2D eigenvalue weighted by molar-refractivity contribution is 5.78. The quantitative estimate of drug-likeness (QED) is 0.662. The molecule has 0 amide bonds. The third-order valence-corrected chi connectivity index (χ3v) is 3.53. The van der Waals surface area contributed by atoms with E-state index >= 15 is 0 Å². The number of carbonyl (C=O) groups is 1. The van der Waals surface area contributed by atoms with Crippen LogP contribution in [0.4, 0.5) is 0 Å². The lowest BCUT2D eigenvalue weighted by atomic mass is 9.90. The molecule has 106 valence electrons. The van der Waals surface area contributed by atoms with Crippen LogP contribution in [0.1, 0.15) is 44.9 Å². The van der Waals surface area contributed by atoms with Crippen molar-refractivity contribution in [2.24, 2.45) is 0 Å². The topological polar surface area (TPSA) is 43.4 Å². The zero-order valence-corrected chi connectivity index (χ0v) is 12.0. The Bertz CT molecular complexity index is 724. The molecule has 0 saturated heterocycles. The van der Waals surface area contributed by atoms with Crippen LogP contribution in [0.25, 0.3) is 0 Å². The van der Waals surface area contributed by atoms with Crippen LogP contribution in [0, 0.1) is 13.8 Å². The van der Waals surface area contributed by atoms with Crippen LogP contribution in [0.3, 0.4) is 0 Å². The van der Waals surface area contributed by atoms with Crippen molar-refractivity contribution in [2.45, 2.75) is 19.8 Å². The predicted molar refractivity (Wildman–Crippen MR) is 79.7 cm³/mol. The van der Waals surface area contributed by atoms with E-state index in [4.69, 9.17) is 8.83 Å². The van der Waals surface area contributed by atoms with Gasteiger partial charge in [0.15, 0.2) is 0 Å². The molecule has 3 nitrogen and oxygen atoms in total. The Hall–Kier alpha value is -2.55. The molecule has 0 radical (unpaired) electrons. The maximum atomic E-state index is 11.3. The highest BCUT2D eigenvalue weighted by Gasteiger charge is 2.25. The van der Waals surface area contributed by atoms with E-state index in [-0.39, 0.29) is 5.92 Å². The van der Waals surface area contributed by atoms with Crippen LogP contribution < -0.4 is 0 Å². The van der Waals surface area contributed by atoms with E-state index in [2.05, 4.69) is 0 Å². The minimum Gasteiger partial charge on any atom is -0.465 e. The molecule has 3 rings (SSSR count). The fraction of sp³-hybridized carbons (Fsp3) is 0.167. The lowest BCUT2D eigenvalue weighted by Gasteiger charge is -2.14. The van der Waals surface area contributed by atoms with Gasteiger partial charge in [0.2, 0.25) is 0 Å². The summed E-state index contributed by atoms with van der Waals surface area (Å²) in [5.74, 6) is 3.00. The number of rotatable bonds is 4. The van der Waals surface area contributed by atoms with E-state index in [0.29, 0.717) is 5.56 Å².